The summed E-state index contributed by atoms with van der Waals surface area (Å²) in [6.45, 7) is 0. The number of H-pyrrole nitrogens is 1. The highest BCUT2D eigenvalue weighted by Gasteiger charge is 2.27. The summed E-state index contributed by atoms with van der Waals surface area (Å²) in [5, 5.41) is -0.147. The Kier molecular flexibility index (Phi) is 3.89. The number of benzene rings is 1. The zero-order valence-corrected chi connectivity index (χ0v) is 12.8. The van der Waals surface area contributed by atoms with Crippen molar-refractivity contribution in [3.8, 4) is 0 Å². The maximum absolute atomic E-state index is 12.4. The molecule has 6 heteroatoms. The van der Waals surface area contributed by atoms with Crippen molar-refractivity contribution in [2.45, 2.75) is 43.8 Å². The topological polar surface area (TPSA) is 88.8 Å². The van der Waals surface area contributed by atoms with E-state index in [2.05, 4.69) is 9.97 Å². The van der Waals surface area contributed by atoms with Gasteiger partial charge >= 0.3 is 0 Å². The second-order valence-corrected chi connectivity index (χ2v) is 8.24. The van der Waals surface area contributed by atoms with E-state index >= 15 is 0 Å². The molecule has 1 aromatic heterocycles. The van der Waals surface area contributed by atoms with Crippen LogP contribution < -0.4 is 5.73 Å². The zero-order chi connectivity index (χ0) is 14.9. The summed E-state index contributed by atoms with van der Waals surface area (Å²) in [6.07, 6.45) is 5.31. The van der Waals surface area contributed by atoms with Crippen molar-refractivity contribution in [3.63, 3.8) is 0 Å². The molecule has 2 aromatic rings. The maximum Gasteiger partial charge on any atom is 0.153 e. The van der Waals surface area contributed by atoms with E-state index in [9.17, 15) is 8.42 Å². The van der Waals surface area contributed by atoms with E-state index in [1.54, 1.807) is 6.07 Å². The molecule has 1 fully saturated rings. The Morgan fingerprint density at radius 3 is 2.76 bits per heavy atom. The fourth-order valence-corrected chi connectivity index (χ4v) is 4.89. The lowest BCUT2D eigenvalue weighted by Crippen LogP contribution is -2.27. The van der Waals surface area contributed by atoms with Gasteiger partial charge in [0.1, 0.15) is 5.82 Å². The van der Waals surface area contributed by atoms with Crippen LogP contribution in [0.4, 0.5) is 5.69 Å². The van der Waals surface area contributed by atoms with E-state index in [4.69, 9.17) is 5.73 Å². The van der Waals surface area contributed by atoms with Crippen molar-refractivity contribution in [1.82, 2.24) is 9.97 Å². The fourth-order valence-electron chi connectivity index (χ4n) is 3.03. The van der Waals surface area contributed by atoms with Crippen LogP contribution in [0.5, 0.6) is 0 Å². The Labute approximate surface area is 124 Å². The predicted octanol–water partition coefficient (Wildman–Crippen LogP) is 2.44. The maximum atomic E-state index is 12.4. The third-order valence-electron chi connectivity index (χ3n) is 4.24. The minimum absolute atomic E-state index is 0.147. The van der Waals surface area contributed by atoms with E-state index < -0.39 is 9.84 Å². The van der Waals surface area contributed by atoms with Crippen molar-refractivity contribution in [3.05, 3.63) is 24.0 Å². The van der Waals surface area contributed by atoms with Gasteiger partial charge in [-0.15, -0.1) is 0 Å². The molecule has 3 rings (SSSR count). The molecule has 0 bridgehead atoms. The first-order chi connectivity index (χ1) is 10.0. The molecule has 3 N–H and O–H groups in total. The smallest absolute Gasteiger partial charge is 0.153 e. The van der Waals surface area contributed by atoms with Crippen molar-refractivity contribution in [2.24, 2.45) is 0 Å². The van der Waals surface area contributed by atoms with Crippen LogP contribution in [-0.2, 0) is 16.3 Å². The zero-order valence-electron chi connectivity index (χ0n) is 12.0. The van der Waals surface area contributed by atoms with Gasteiger partial charge in [0.25, 0.3) is 0 Å². The normalized spacial score (nSPS) is 17.3. The van der Waals surface area contributed by atoms with Gasteiger partial charge < -0.3 is 10.7 Å². The molecular formula is C15H21N3O2S. The Morgan fingerprint density at radius 2 is 2.00 bits per heavy atom. The number of anilines is 1. The largest absolute Gasteiger partial charge is 0.399 e. The number of rotatable bonds is 4. The van der Waals surface area contributed by atoms with E-state index in [0.717, 1.165) is 49.0 Å². The molecule has 0 amide bonds. The van der Waals surface area contributed by atoms with Crippen LogP contribution in [0, 0.1) is 0 Å². The highest BCUT2D eigenvalue weighted by Crippen LogP contribution is 2.24. The molecule has 21 heavy (non-hydrogen) atoms. The van der Waals surface area contributed by atoms with E-state index in [1.807, 2.05) is 12.1 Å². The number of nitrogens with zero attached hydrogens (tertiary/aromatic N) is 1. The van der Waals surface area contributed by atoms with Crippen molar-refractivity contribution in [1.29, 1.82) is 0 Å². The molecule has 0 unspecified atom stereocenters. The average Bonchev–Trinajstić information content (AvgIpc) is 2.88. The number of aromatic nitrogens is 2. The number of aromatic amines is 1. The van der Waals surface area contributed by atoms with Crippen LogP contribution >= 0.6 is 0 Å². The Balaban J connectivity index is 1.70. The Bertz CT molecular complexity index is 730. The number of fused-ring (bicyclic) bond motifs is 1. The number of imidazole rings is 1. The SMILES string of the molecule is Nc1ccc2nc(CCS(=O)(=O)C3CCCCC3)[nH]c2c1. The third kappa shape index (κ3) is 3.20. The summed E-state index contributed by atoms with van der Waals surface area (Å²) in [4.78, 5) is 7.58. The first kappa shape index (κ1) is 14.4. The highest BCUT2D eigenvalue weighted by atomic mass is 32.2. The molecule has 5 nitrogen and oxygen atoms in total. The van der Waals surface area contributed by atoms with Gasteiger partial charge in [0.2, 0.25) is 0 Å². The summed E-state index contributed by atoms with van der Waals surface area (Å²) in [7, 11) is -3.01. The molecule has 1 saturated carbocycles. The molecule has 1 aliphatic rings. The molecule has 1 heterocycles. The lowest BCUT2D eigenvalue weighted by molar-refractivity contribution is 0.483. The number of nitrogens with one attached hydrogen (secondary N) is 1. The number of nitrogens with two attached hydrogens (primary N) is 1. The molecule has 114 valence electrons. The molecule has 1 aromatic carbocycles. The van der Waals surface area contributed by atoms with Gasteiger partial charge in [-0.1, -0.05) is 19.3 Å². The number of nitrogen functional groups attached to an aromatic ring is 1. The molecule has 0 radical (unpaired) electrons. The minimum atomic E-state index is -3.01. The second-order valence-electron chi connectivity index (χ2n) is 5.84. The minimum Gasteiger partial charge on any atom is -0.399 e. The van der Waals surface area contributed by atoms with Crippen molar-refractivity contribution < 1.29 is 8.42 Å². The second kappa shape index (κ2) is 5.67. The predicted molar refractivity (Wildman–Crippen MR) is 84.9 cm³/mol. The molecule has 0 spiro atoms. The van der Waals surface area contributed by atoms with E-state index in [1.165, 1.54) is 0 Å². The molecule has 0 aliphatic heterocycles. The molecule has 1 aliphatic carbocycles. The third-order valence-corrected chi connectivity index (χ3v) is 6.50. The summed E-state index contributed by atoms with van der Waals surface area (Å²) < 4.78 is 24.7. The van der Waals surface area contributed by atoms with Crippen LogP contribution in [0.15, 0.2) is 18.2 Å². The summed E-state index contributed by atoms with van der Waals surface area (Å²) >= 11 is 0. The first-order valence-corrected chi connectivity index (χ1v) is 9.22. The van der Waals surface area contributed by atoms with Gasteiger partial charge in [0.05, 0.1) is 22.0 Å². The quantitative estimate of drug-likeness (QED) is 0.849. The Morgan fingerprint density at radius 1 is 1.24 bits per heavy atom. The molecule has 0 saturated heterocycles. The van der Waals surface area contributed by atoms with Gasteiger partial charge in [-0.25, -0.2) is 13.4 Å². The first-order valence-electron chi connectivity index (χ1n) is 7.50. The highest BCUT2D eigenvalue weighted by molar-refractivity contribution is 7.92. The van der Waals surface area contributed by atoms with Gasteiger partial charge in [0, 0.05) is 12.1 Å². The van der Waals surface area contributed by atoms with Crippen LogP contribution in [0.1, 0.15) is 37.9 Å². The van der Waals surface area contributed by atoms with Crippen LogP contribution in [0.3, 0.4) is 0 Å². The van der Waals surface area contributed by atoms with Crippen LogP contribution in [0.25, 0.3) is 11.0 Å². The molecular weight excluding hydrogens is 286 g/mol. The van der Waals surface area contributed by atoms with Crippen molar-refractivity contribution in [2.75, 3.05) is 11.5 Å². The summed E-state index contributed by atoms with van der Waals surface area (Å²) in [5.41, 5.74) is 8.09. The standard InChI is InChI=1S/C15H21N3O2S/c16-11-6-7-13-14(10-11)18-15(17-13)8-9-21(19,20)12-4-2-1-3-5-12/h6-7,10,12H,1-5,8-9,16H2,(H,17,18). The van der Waals surface area contributed by atoms with Gasteiger partial charge in [0.15, 0.2) is 9.84 Å². The van der Waals surface area contributed by atoms with E-state index in [0.29, 0.717) is 12.1 Å². The van der Waals surface area contributed by atoms with Crippen LogP contribution in [-0.4, -0.2) is 29.4 Å². The summed E-state index contributed by atoms with van der Waals surface area (Å²) in [5.74, 6) is 0.891. The van der Waals surface area contributed by atoms with Crippen LogP contribution in [0.2, 0.25) is 0 Å². The number of hydrogen-bond donors (Lipinski definition) is 2. The number of sulfone groups is 1. The van der Waals surface area contributed by atoms with E-state index in [-0.39, 0.29) is 11.0 Å². The van der Waals surface area contributed by atoms with Gasteiger partial charge in [-0.05, 0) is 31.0 Å². The Hall–Kier alpha value is -1.56. The lowest BCUT2D eigenvalue weighted by Gasteiger charge is -2.21. The van der Waals surface area contributed by atoms with Gasteiger partial charge in [-0.3, -0.25) is 0 Å². The van der Waals surface area contributed by atoms with Gasteiger partial charge in [-0.2, -0.15) is 0 Å². The fraction of sp³-hybridized carbons (Fsp3) is 0.533. The average molecular weight is 307 g/mol. The lowest BCUT2D eigenvalue weighted by atomic mass is 10.0. The number of hydrogen-bond acceptors (Lipinski definition) is 4. The number of aryl methyl sites for hydroxylation is 1. The monoisotopic (exact) mass is 307 g/mol. The summed E-state index contributed by atoms with van der Waals surface area (Å²) in [6, 6.07) is 5.47. The van der Waals surface area contributed by atoms with Crippen molar-refractivity contribution >= 4 is 26.6 Å². The molecule has 0 atom stereocenters.